The van der Waals surface area contributed by atoms with Gasteiger partial charge in [-0.2, -0.15) is 0 Å². The summed E-state index contributed by atoms with van der Waals surface area (Å²) in [5, 5.41) is 2.75. The molecule has 5 heteroatoms. The maximum atomic E-state index is 11.5. The molecule has 1 aliphatic carbocycles. The summed E-state index contributed by atoms with van der Waals surface area (Å²) < 4.78 is 5.77. The van der Waals surface area contributed by atoms with E-state index in [-0.39, 0.29) is 18.6 Å². The summed E-state index contributed by atoms with van der Waals surface area (Å²) in [7, 11) is 0. The number of carbonyl (C=O) groups is 2. The van der Waals surface area contributed by atoms with Gasteiger partial charge in [0.25, 0.3) is 5.91 Å². The van der Waals surface area contributed by atoms with Crippen molar-refractivity contribution in [3.05, 3.63) is 39.9 Å². The van der Waals surface area contributed by atoms with Gasteiger partial charge in [-0.3, -0.25) is 4.79 Å². The molecule has 1 aromatic carbocycles. The molecule has 0 bridgehead atoms. The van der Waals surface area contributed by atoms with Crippen LogP contribution in [0.3, 0.4) is 0 Å². The second-order valence-electron chi connectivity index (χ2n) is 4.81. The molecule has 0 aliphatic heterocycles. The van der Waals surface area contributed by atoms with Crippen LogP contribution in [-0.2, 0) is 14.3 Å². The number of amides is 1. The molecule has 4 nitrogen and oxygen atoms in total. The molecule has 0 aromatic heterocycles. The molecule has 20 heavy (non-hydrogen) atoms. The minimum Gasteiger partial charge on any atom is -0.452 e. The molecule has 106 valence electrons. The van der Waals surface area contributed by atoms with Gasteiger partial charge in [0.05, 0.1) is 0 Å². The van der Waals surface area contributed by atoms with Crippen LogP contribution in [0.4, 0.5) is 0 Å². The Bertz CT molecular complexity index is 550. The SMILES string of the molecule is Cc1ccc(/C=C/C(=O)OCC(=O)NC2CC2)c(Br)c1. The number of nitrogens with one attached hydrogen (secondary N) is 1. The minimum absolute atomic E-state index is 0.227. The van der Waals surface area contributed by atoms with Crippen molar-refractivity contribution in [1.82, 2.24) is 5.32 Å². The molecule has 1 fully saturated rings. The van der Waals surface area contributed by atoms with E-state index >= 15 is 0 Å². The number of ether oxygens (including phenoxy) is 1. The van der Waals surface area contributed by atoms with Crippen LogP contribution in [0.1, 0.15) is 24.0 Å². The monoisotopic (exact) mass is 337 g/mol. The lowest BCUT2D eigenvalue weighted by Gasteiger charge is -2.03. The van der Waals surface area contributed by atoms with Crippen molar-refractivity contribution in [2.45, 2.75) is 25.8 Å². The smallest absolute Gasteiger partial charge is 0.331 e. The van der Waals surface area contributed by atoms with Crippen LogP contribution in [0, 0.1) is 6.92 Å². The van der Waals surface area contributed by atoms with Gasteiger partial charge < -0.3 is 10.1 Å². The summed E-state index contributed by atoms with van der Waals surface area (Å²) in [6, 6.07) is 6.11. The number of benzene rings is 1. The average Bonchev–Trinajstić information content (AvgIpc) is 3.19. The molecule has 0 atom stereocenters. The zero-order valence-electron chi connectivity index (χ0n) is 11.2. The number of carbonyl (C=O) groups excluding carboxylic acids is 2. The summed E-state index contributed by atoms with van der Waals surface area (Å²) in [5.74, 6) is -0.769. The highest BCUT2D eigenvalue weighted by Crippen LogP contribution is 2.19. The van der Waals surface area contributed by atoms with E-state index in [1.165, 1.54) is 6.08 Å². The zero-order valence-corrected chi connectivity index (χ0v) is 12.8. The molecule has 1 aromatic rings. The van der Waals surface area contributed by atoms with E-state index in [1.54, 1.807) is 6.08 Å². The second kappa shape index (κ2) is 6.70. The van der Waals surface area contributed by atoms with Crippen molar-refractivity contribution in [2.24, 2.45) is 0 Å². The Hall–Kier alpha value is -1.62. The maximum absolute atomic E-state index is 11.5. The molecule has 1 N–H and O–H groups in total. The third-order valence-electron chi connectivity index (χ3n) is 2.84. The first-order chi connectivity index (χ1) is 9.54. The van der Waals surface area contributed by atoms with E-state index in [1.807, 2.05) is 25.1 Å². The van der Waals surface area contributed by atoms with Crippen molar-refractivity contribution in [3.63, 3.8) is 0 Å². The van der Waals surface area contributed by atoms with Crippen molar-refractivity contribution in [2.75, 3.05) is 6.61 Å². The van der Waals surface area contributed by atoms with Crippen LogP contribution < -0.4 is 5.32 Å². The fraction of sp³-hybridized carbons (Fsp3) is 0.333. The Morgan fingerprint density at radius 1 is 1.45 bits per heavy atom. The summed E-state index contributed by atoms with van der Waals surface area (Å²) >= 11 is 3.43. The van der Waals surface area contributed by atoms with Gasteiger partial charge in [0, 0.05) is 16.6 Å². The molecule has 1 aliphatic rings. The van der Waals surface area contributed by atoms with Crippen molar-refractivity contribution in [3.8, 4) is 0 Å². The third-order valence-corrected chi connectivity index (χ3v) is 3.53. The molecule has 2 rings (SSSR count). The molecule has 0 unspecified atom stereocenters. The number of hydrogen-bond donors (Lipinski definition) is 1. The first kappa shape index (κ1) is 14.8. The highest BCUT2D eigenvalue weighted by atomic mass is 79.9. The van der Waals surface area contributed by atoms with Crippen LogP contribution >= 0.6 is 15.9 Å². The zero-order chi connectivity index (χ0) is 14.5. The summed E-state index contributed by atoms with van der Waals surface area (Å²) in [4.78, 5) is 22.8. The largest absolute Gasteiger partial charge is 0.452 e. The fourth-order valence-electron chi connectivity index (χ4n) is 1.61. The lowest BCUT2D eigenvalue weighted by atomic mass is 10.1. The predicted octanol–water partition coefficient (Wildman–Crippen LogP) is 2.59. The first-order valence-electron chi connectivity index (χ1n) is 6.45. The molecule has 1 saturated carbocycles. The van der Waals surface area contributed by atoms with Gasteiger partial charge >= 0.3 is 5.97 Å². The van der Waals surface area contributed by atoms with E-state index in [4.69, 9.17) is 4.74 Å². The Morgan fingerprint density at radius 2 is 2.20 bits per heavy atom. The summed E-state index contributed by atoms with van der Waals surface area (Å²) in [5.41, 5.74) is 2.02. The van der Waals surface area contributed by atoms with Crippen LogP contribution in [0.15, 0.2) is 28.7 Å². The minimum atomic E-state index is -0.525. The molecule has 0 spiro atoms. The molecule has 1 amide bonds. The van der Waals surface area contributed by atoms with Crippen LogP contribution in [0.2, 0.25) is 0 Å². The quantitative estimate of drug-likeness (QED) is 0.663. The Kier molecular flexibility index (Phi) is 4.95. The fourth-order valence-corrected chi connectivity index (χ4v) is 2.23. The van der Waals surface area contributed by atoms with Crippen molar-refractivity contribution in [1.29, 1.82) is 0 Å². The van der Waals surface area contributed by atoms with E-state index in [0.29, 0.717) is 0 Å². The summed E-state index contributed by atoms with van der Waals surface area (Å²) in [6.45, 7) is 1.76. The average molecular weight is 338 g/mol. The summed E-state index contributed by atoms with van der Waals surface area (Å²) in [6.07, 6.45) is 5.01. The first-order valence-corrected chi connectivity index (χ1v) is 7.24. The van der Waals surface area contributed by atoms with Crippen molar-refractivity contribution >= 4 is 33.9 Å². The van der Waals surface area contributed by atoms with Gasteiger partial charge in [-0.1, -0.05) is 28.1 Å². The Labute approximate surface area is 126 Å². The molecule has 0 saturated heterocycles. The third kappa shape index (κ3) is 4.81. The standard InChI is InChI=1S/C15H16BrNO3/c1-10-2-3-11(13(16)8-10)4-7-15(19)20-9-14(18)17-12-5-6-12/h2-4,7-8,12H,5-6,9H2,1H3,(H,17,18)/b7-4+. The lowest BCUT2D eigenvalue weighted by molar-refractivity contribution is -0.143. The van der Waals surface area contributed by atoms with Crippen molar-refractivity contribution < 1.29 is 14.3 Å². The Balaban J connectivity index is 1.80. The van der Waals surface area contributed by atoms with E-state index < -0.39 is 5.97 Å². The lowest BCUT2D eigenvalue weighted by Crippen LogP contribution is -2.30. The number of halogens is 1. The predicted molar refractivity (Wildman–Crippen MR) is 80.0 cm³/mol. The van der Waals surface area contributed by atoms with Crippen LogP contribution in [0.5, 0.6) is 0 Å². The van der Waals surface area contributed by atoms with E-state index in [0.717, 1.165) is 28.4 Å². The van der Waals surface area contributed by atoms with E-state index in [2.05, 4.69) is 21.2 Å². The highest BCUT2D eigenvalue weighted by Gasteiger charge is 2.23. The van der Waals surface area contributed by atoms with Gasteiger partial charge in [-0.15, -0.1) is 0 Å². The maximum Gasteiger partial charge on any atom is 0.331 e. The molecular formula is C15H16BrNO3. The van der Waals surface area contributed by atoms with Crippen LogP contribution in [-0.4, -0.2) is 24.5 Å². The molecular weight excluding hydrogens is 322 g/mol. The number of esters is 1. The van der Waals surface area contributed by atoms with Gasteiger partial charge in [0.2, 0.25) is 0 Å². The van der Waals surface area contributed by atoms with Gasteiger partial charge in [0.1, 0.15) is 0 Å². The topological polar surface area (TPSA) is 55.4 Å². The molecule has 0 heterocycles. The van der Waals surface area contributed by atoms with Crippen LogP contribution in [0.25, 0.3) is 6.08 Å². The van der Waals surface area contributed by atoms with E-state index in [9.17, 15) is 9.59 Å². The molecule has 0 radical (unpaired) electrons. The number of rotatable bonds is 5. The Morgan fingerprint density at radius 3 is 2.85 bits per heavy atom. The van der Waals surface area contributed by atoms with Gasteiger partial charge in [-0.05, 0) is 43.0 Å². The normalized spacial score (nSPS) is 14.3. The number of hydrogen-bond acceptors (Lipinski definition) is 3. The van der Waals surface area contributed by atoms with Gasteiger partial charge in [-0.25, -0.2) is 4.79 Å². The number of aryl methyl sites for hydroxylation is 1. The highest BCUT2D eigenvalue weighted by molar-refractivity contribution is 9.10. The van der Waals surface area contributed by atoms with Gasteiger partial charge in [0.15, 0.2) is 6.61 Å². The second-order valence-corrected chi connectivity index (χ2v) is 5.66.